The van der Waals surface area contributed by atoms with Crippen molar-refractivity contribution in [3.63, 3.8) is 0 Å². The van der Waals surface area contributed by atoms with E-state index in [-0.39, 0.29) is 28.6 Å². The summed E-state index contributed by atoms with van der Waals surface area (Å²) in [4.78, 5) is 11.5. The number of nitrogens with two attached hydrogens (primary N) is 1. The summed E-state index contributed by atoms with van der Waals surface area (Å²) >= 11 is 5.15. The Bertz CT molecular complexity index is 860. The Morgan fingerprint density at radius 3 is 2.81 bits per heavy atom. The summed E-state index contributed by atoms with van der Waals surface area (Å²) in [6, 6.07) is 0. The highest BCUT2D eigenvalue weighted by atomic mass is 32.1. The third-order valence-corrected chi connectivity index (χ3v) is 10.0. The SMILES string of the molecule is CC(C)(C)[Si](C)(C)O[C@H]1C[C@@H](CO)O[C@H]1n1cnc2c(N)[nH]c(=S)nc21. The monoisotopic (exact) mass is 397 g/mol. The number of nitrogen functional groups attached to an aromatic ring is 1. The molecule has 10 heteroatoms. The van der Waals surface area contributed by atoms with Gasteiger partial charge in [-0.2, -0.15) is 4.98 Å². The van der Waals surface area contributed by atoms with Gasteiger partial charge in [-0.15, -0.1) is 0 Å². The zero-order chi connectivity index (χ0) is 19.3. The van der Waals surface area contributed by atoms with Gasteiger partial charge >= 0.3 is 0 Å². The number of aliphatic hydroxyl groups is 1. The van der Waals surface area contributed by atoms with Crippen molar-refractivity contribution < 1.29 is 14.3 Å². The first-order valence-electron chi connectivity index (χ1n) is 8.70. The van der Waals surface area contributed by atoms with Crippen molar-refractivity contribution in [2.75, 3.05) is 12.3 Å². The van der Waals surface area contributed by atoms with Gasteiger partial charge in [0.25, 0.3) is 0 Å². The Balaban J connectivity index is 2.00. The first kappa shape index (κ1) is 19.4. The molecule has 26 heavy (non-hydrogen) atoms. The van der Waals surface area contributed by atoms with Crippen LogP contribution in [0.5, 0.6) is 0 Å². The highest BCUT2D eigenvalue weighted by Gasteiger charge is 2.45. The average Bonchev–Trinajstić information content (AvgIpc) is 3.09. The molecule has 8 nitrogen and oxygen atoms in total. The van der Waals surface area contributed by atoms with E-state index in [2.05, 4.69) is 48.8 Å². The van der Waals surface area contributed by atoms with Gasteiger partial charge in [0, 0.05) is 6.42 Å². The van der Waals surface area contributed by atoms with Crippen LogP contribution >= 0.6 is 12.2 Å². The number of aromatic nitrogens is 4. The topological polar surface area (TPSA) is 111 Å². The minimum atomic E-state index is -2.02. The van der Waals surface area contributed by atoms with E-state index in [9.17, 15) is 5.11 Å². The lowest BCUT2D eigenvalue weighted by molar-refractivity contribution is -0.0460. The summed E-state index contributed by atoms with van der Waals surface area (Å²) in [6.45, 7) is 10.9. The van der Waals surface area contributed by atoms with Crippen molar-refractivity contribution in [1.29, 1.82) is 0 Å². The van der Waals surface area contributed by atoms with Crippen LogP contribution < -0.4 is 5.73 Å². The highest BCUT2D eigenvalue weighted by Crippen LogP contribution is 2.42. The predicted molar refractivity (Wildman–Crippen MR) is 105 cm³/mol. The maximum Gasteiger partial charge on any atom is 0.200 e. The number of fused-ring (bicyclic) bond motifs is 1. The molecule has 144 valence electrons. The quantitative estimate of drug-likeness (QED) is 0.537. The second-order valence-electron chi connectivity index (χ2n) is 8.26. The minimum Gasteiger partial charge on any atom is -0.409 e. The molecule has 2 aromatic rings. The Morgan fingerprint density at radius 2 is 2.19 bits per heavy atom. The maximum atomic E-state index is 9.61. The smallest absolute Gasteiger partial charge is 0.200 e. The van der Waals surface area contributed by atoms with E-state index in [1.165, 1.54) is 0 Å². The van der Waals surface area contributed by atoms with E-state index in [0.717, 1.165) is 0 Å². The summed E-state index contributed by atoms with van der Waals surface area (Å²) < 4.78 is 14.8. The predicted octanol–water partition coefficient (Wildman–Crippen LogP) is 2.74. The molecule has 1 fully saturated rings. The first-order valence-corrected chi connectivity index (χ1v) is 12.0. The molecule has 1 aliphatic heterocycles. The molecular formula is C16H27N5O3SSi. The average molecular weight is 398 g/mol. The van der Waals surface area contributed by atoms with Crippen molar-refractivity contribution in [2.45, 2.75) is 63.8 Å². The number of aromatic amines is 1. The first-order chi connectivity index (χ1) is 12.0. The van der Waals surface area contributed by atoms with Gasteiger partial charge in [-0.3, -0.25) is 4.57 Å². The minimum absolute atomic E-state index is 0.0594. The molecule has 0 radical (unpaired) electrons. The molecule has 0 aromatic carbocycles. The van der Waals surface area contributed by atoms with Crippen LogP contribution in [0.3, 0.4) is 0 Å². The van der Waals surface area contributed by atoms with Crippen molar-refractivity contribution in [1.82, 2.24) is 19.5 Å². The highest BCUT2D eigenvalue weighted by molar-refractivity contribution is 7.71. The molecule has 0 spiro atoms. The Hall–Kier alpha value is -1.33. The van der Waals surface area contributed by atoms with Crippen LogP contribution in [-0.4, -0.2) is 51.8 Å². The van der Waals surface area contributed by atoms with Crippen LogP contribution in [0.15, 0.2) is 6.33 Å². The summed E-state index contributed by atoms with van der Waals surface area (Å²) in [6.07, 6.45) is 1.33. The molecule has 2 aromatic heterocycles. The molecule has 0 bridgehead atoms. The fourth-order valence-electron chi connectivity index (χ4n) is 2.88. The molecule has 3 atom stereocenters. The number of nitrogens with one attached hydrogen (secondary N) is 1. The van der Waals surface area contributed by atoms with Gasteiger partial charge in [-0.05, 0) is 30.4 Å². The maximum absolute atomic E-state index is 9.61. The fraction of sp³-hybridized carbons (Fsp3) is 0.688. The number of hydrogen-bond acceptors (Lipinski definition) is 7. The van der Waals surface area contributed by atoms with Gasteiger partial charge in [-0.1, -0.05) is 20.8 Å². The zero-order valence-corrected chi connectivity index (χ0v) is 17.6. The normalized spacial score (nSPS) is 24.5. The molecule has 1 saturated heterocycles. The third kappa shape index (κ3) is 3.43. The number of hydrogen-bond donors (Lipinski definition) is 3. The van der Waals surface area contributed by atoms with E-state index >= 15 is 0 Å². The van der Waals surface area contributed by atoms with Gasteiger partial charge in [-0.25, -0.2) is 4.98 Å². The Labute approximate surface area is 158 Å². The van der Waals surface area contributed by atoms with Gasteiger partial charge in [0.05, 0.1) is 25.1 Å². The molecular weight excluding hydrogens is 370 g/mol. The van der Waals surface area contributed by atoms with Crippen molar-refractivity contribution in [3.8, 4) is 0 Å². The number of aliphatic hydroxyl groups excluding tert-OH is 1. The number of H-pyrrole nitrogens is 1. The van der Waals surface area contributed by atoms with Crippen molar-refractivity contribution in [2.24, 2.45) is 0 Å². The van der Waals surface area contributed by atoms with Crippen LogP contribution in [0, 0.1) is 4.77 Å². The van der Waals surface area contributed by atoms with E-state index < -0.39 is 14.5 Å². The lowest BCUT2D eigenvalue weighted by Crippen LogP contribution is -2.45. The van der Waals surface area contributed by atoms with Crippen LogP contribution in [-0.2, 0) is 9.16 Å². The fourth-order valence-corrected chi connectivity index (χ4v) is 4.40. The zero-order valence-electron chi connectivity index (χ0n) is 15.8. The van der Waals surface area contributed by atoms with E-state index in [1.54, 1.807) is 6.33 Å². The molecule has 1 aliphatic rings. The molecule has 3 rings (SSSR count). The Kier molecular flexibility index (Phi) is 4.99. The number of rotatable bonds is 4. The lowest BCUT2D eigenvalue weighted by atomic mass is 10.2. The third-order valence-electron chi connectivity index (χ3n) is 5.35. The molecule has 3 heterocycles. The van der Waals surface area contributed by atoms with E-state index in [4.69, 9.17) is 27.1 Å². The lowest BCUT2D eigenvalue weighted by Gasteiger charge is -2.39. The molecule has 0 unspecified atom stereocenters. The summed E-state index contributed by atoms with van der Waals surface area (Å²) in [5.74, 6) is 0.373. The van der Waals surface area contributed by atoms with Crippen molar-refractivity contribution >= 4 is 37.5 Å². The summed E-state index contributed by atoms with van der Waals surface area (Å²) in [5.41, 5.74) is 7.07. The second kappa shape index (κ2) is 6.68. The number of imidazole rings is 1. The molecule has 4 N–H and O–H groups in total. The largest absolute Gasteiger partial charge is 0.409 e. The van der Waals surface area contributed by atoms with Crippen LogP contribution in [0.25, 0.3) is 11.2 Å². The second-order valence-corrected chi connectivity index (χ2v) is 13.4. The Morgan fingerprint density at radius 1 is 1.50 bits per heavy atom. The summed E-state index contributed by atoms with van der Waals surface area (Å²) in [7, 11) is -2.02. The van der Waals surface area contributed by atoms with Crippen LogP contribution in [0.1, 0.15) is 33.4 Å². The van der Waals surface area contributed by atoms with Crippen LogP contribution in [0.4, 0.5) is 5.82 Å². The van der Waals surface area contributed by atoms with E-state index in [0.29, 0.717) is 23.4 Å². The standard InChI is InChI=1S/C16H27N5O3SSi/c1-16(2,3)26(4,5)24-10-6-9(7-22)23-14(10)21-8-18-11-12(17)19-15(25)20-13(11)21/h8-10,14,22H,6-7H2,1-5H3,(H3,17,19,20,25)/t9-,10-,14+/m0/s1. The van der Waals surface area contributed by atoms with Crippen LogP contribution in [0.2, 0.25) is 18.1 Å². The molecule has 0 saturated carbocycles. The number of nitrogens with zero attached hydrogens (tertiary/aromatic N) is 3. The number of ether oxygens (including phenoxy) is 1. The van der Waals surface area contributed by atoms with E-state index in [1.807, 2.05) is 4.57 Å². The summed E-state index contributed by atoms with van der Waals surface area (Å²) in [5, 5.41) is 9.67. The van der Waals surface area contributed by atoms with Gasteiger partial charge in [0.1, 0.15) is 11.3 Å². The molecule has 0 amide bonds. The van der Waals surface area contributed by atoms with Crippen molar-refractivity contribution in [3.05, 3.63) is 11.1 Å². The number of anilines is 1. The van der Waals surface area contributed by atoms with Gasteiger partial charge in [0.15, 0.2) is 25.0 Å². The van der Waals surface area contributed by atoms with Gasteiger partial charge < -0.3 is 25.0 Å². The van der Waals surface area contributed by atoms with Gasteiger partial charge in [0.2, 0.25) is 0 Å². The molecule has 0 aliphatic carbocycles.